The summed E-state index contributed by atoms with van der Waals surface area (Å²) < 4.78 is 0. The normalized spacial score (nSPS) is 52.9. The van der Waals surface area contributed by atoms with Gasteiger partial charge in [0.05, 0.1) is 17.8 Å². The molecule has 0 aliphatic heterocycles. The van der Waals surface area contributed by atoms with E-state index >= 15 is 0 Å². The van der Waals surface area contributed by atoms with Crippen molar-refractivity contribution in [3.63, 3.8) is 0 Å². The first-order chi connectivity index (χ1) is 13.5. The number of rotatable bonds is 4. The van der Waals surface area contributed by atoms with Crippen LogP contribution in [0.25, 0.3) is 0 Å². The molecule has 0 aromatic carbocycles. The fourth-order valence-corrected chi connectivity index (χ4v) is 8.79. The number of hydrogen-bond donors (Lipinski definition) is 4. The Morgan fingerprint density at radius 1 is 1.07 bits per heavy atom. The summed E-state index contributed by atoms with van der Waals surface area (Å²) in [5, 5.41) is 41.9. The van der Waals surface area contributed by atoms with E-state index in [2.05, 4.69) is 20.8 Å². The van der Waals surface area contributed by atoms with Crippen molar-refractivity contribution in [2.24, 2.45) is 40.4 Å². The molecule has 166 valence electrons. The average Bonchev–Trinajstić information content (AvgIpc) is 3.00. The second-order valence-electron chi connectivity index (χ2n) is 11.5. The van der Waals surface area contributed by atoms with Crippen molar-refractivity contribution < 1.29 is 25.2 Å². The second kappa shape index (κ2) is 7.20. The maximum Gasteiger partial charge on any atom is 0.303 e. The van der Waals surface area contributed by atoms with E-state index in [0.717, 1.165) is 38.5 Å². The Kier molecular flexibility index (Phi) is 5.36. The Hall–Kier alpha value is -0.650. The van der Waals surface area contributed by atoms with Crippen LogP contribution in [0.4, 0.5) is 0 Å². The number of hydrogen-bond acceptors (Lipinski definition) is 4. The van der Waals surface area contributed by atoms with Gasteiger partial charge >= 0.3 is 5.97 Å². The Morgan fingerprint density at radius 2 is 1.79 bits per heavy atom. The van der Waals surface area contributed by atoms with Gasteiger partial charge in [0.15, 0.2) is 0 Å². The first-order valence-corrected chi connectivity index (χ1v) is 11.8. The van der Waals surface area contributed by atoms with Crippen LogP contribution >= 0.6 is 0 Å². The molecule has 0 radical (unpaired) electrons. The van der Waals surface area contributed by atoms with Gasteiger partial charge in [0.25, 0.3) is 0 Å². The van der Waals surface area contributed by atoms with Gasteiger partial charge in [-0.15, -0.1) is 0 Å². The molecule has 5 heteroatoms. The van der Waals surface area contributed by atoms with E-state index in [4.69, 9.17) is 5.11 Å². The Balaban J connectivity index is 1.58. The minimum atomic E-state index is -1.17. The average molecular weight is 409 g/mol. The smallest absolute Gasteiger partial charge is 0.303 e. The molecule has 0 saturated heterocycles. The summed E-state index contributed by atoms with van der Waals surface area (Å²) in [6, 6.07) is 0. The molecule has 4 rings (SSSR count). The highest BCUT2D eigenvalue weighted by Gasteiger charge is 2.67. The summed E-state index contributed by atoms with van der Waals surface area (Å²) in [6.45, 7) is 6.82. The Bertz CT molecular complexity index is 651. The first kappa shape index (κ1) is 21.6. The van der Waals surface area contributed by atoms with Crippen LogP contribution in [-0.2, 0) is 4.79 Å². The van der Waals surface area contributed by atoms with E-state index in [1.807, 2.05) is 0 Å². The third-order valence-electron chi connectivity index (χ3n) is 10.4. The molecule has 4 aliphatic carbocycles. The minimum absolute atomic E-state index is 0.207. The van der Waals surface area contributed by atoms with E-state index in [-0.39, 0.29) is 17.3 Å². The van der Waals surface area contributed by atoms with Crippen LogP contribution in [0, 0.1) is 40.4 Å². The van der Waals surface area contributed by atoms with Gasteiger partial charge in [-0.3, -0.25) is 4.79 Å². The molecule has 0 aromatic heterocycles. The molecule has 4 saturated carbocycles. The van der Waals surface area contributed by atoms with Crippen molar-refractivity contribution in [3.05, 3.63) is 0 Å². The molecule has 4 fully saturated rings. The van der Waals surface area contributed by atoms with Crippen LogP contribution in [0.15, 0.2) is 0 Å². The molecular formula is C24H40O5. The summed E-state index contributed by atoms with van der Waals surface area (Å²) in [4.78, 5) is 11.1. The van der Waals surface area contributed by atoms with Crippen molar-refractivity contribution >= 4 is 5.97 Å². The van der Waals surface area contributed by atoms with Crippen LogP contribution in [0.2, 0.25) is 0 Å². The number of carboxylic acids is 1. The highest BCUT2D eigenvalue weighted by Crippen LogP contribution is 2.69. The lowest BCUT2D eigenvalue weighted by molar-refractivity contribution is -0.264. The fraction of sp³-hybridized carbons (Fsp3) is 0.958. The molecule has 0 aromatic rings. The highest BCUT2D eigenvalue weighted by molar-refractivity contribution is 5.66. The Morgan fingerprint density at radius 3 is 2.48 bits per heavy atom. The maximum atomic E-state index is 11.5. The number of aliphatic hydroxyl groups excluding tert-OH is 2. The maximum absolute atomic E-state index is 11.5. The molecule has 0 bridgehead atoms. The Labute approximate surface area is 174 Å². The minimum Gasteiger partial charge on any atom is -0.481 e. The van der Waals surface area contributed by atoms with Gasteiger partial charge in [-0.25, -0.2) is 0 Å². The third kappa shape index (κ3) is 3.10. The summed E-state index contributed by atoms with van der Waals surface area (Å²) >= 11 is 0. The molecule has 10 atom stereocenters. The molecule has 4 aliphatic rings. The zero-order valence-electron chi connectivity index (χ0n) is 18.3. The van der Waals surface area contributed by atoms with Crippen molar-refractivity contribution in [1.82, 2.24) is 0 Å². The van der Waals surface area contributed by atoms with E-state index in [9.17, 15) is 20.1 Å². The van der Waals surface area contributed by atoms with Gasteiger partial charge in [-0.2, -0.15) is 0 Å². The molecule has 0 amide bonds. The third-order valence-corrected chi connectivity index (χ3v) is 10.4. The van der Waals surface area contributed by atoms with E-state index in [1.54, 1.807) is 0 Å². The van der Waals surface area contributed by atoms with Gasteiger partial charge < -0.3 is 20.4 Å². The molecule has 0 spiro atoms. The molecule has 0 unspecified atom stereocenters. The van der Waals surface area contributed by atoms with Crippen molar-refractivity contribution in [2.75, 3.05) is 0 Å². The van der Waals surface area contributed by atoms with E-state index in [0.29, 0.717) is 48.9 Å². The molecular weight excluding hydrogens is 368 g/mol. The van der Waals surface area contributed by atoms with Crippen LogP contribution < -0.4 is 0 Å². The number of carbonyl (C=O) groups is 1. The van der Waals surface area contributed by atoms with Crippen LogP contribution in [-0.4, -0.2) is 44.2 Å². The zero-order chi connectivity index (χ0) is 21.2. The standard InChI is InChI=1S/C24H40O5/c1-14(4-7-21(27)28)17-5-6-18-16-12-20(26)24(29)13-15(25)8-11-23(24,3)19(16)9-10-22(17,18)2/h14-20,25-26,29H,4-13H2,1-3H3,(H,27,28)/t14-,15+,16+,17-,18+,19+,20-,22-,23-,24+/m1/s1. The number of carboxylic acid groups (broad SMARTS) is 1. The van der Waals surface area contributed by atoms with Crippen LogP contribution in [0.5, 0.6) is 0 Å². The van der Waals surface area contributed by atoms with E-state index in [1.165, 1.54) is 0 Å². The van der Waals surface area contributed by atoms with Crippen molar-refractivity contribution in [2.45, 2.75) is 103 Å². The van der Waals surface area contributed by atoms with Gasteiger partial charge in [0.1, 0.15) is 0 Å². The quantitative estimate of drug-likeness (QED) is 0.570. The highest BCUT2D eigenvalue weighted by atomic mass is 16.4. The topological polar surface area (TPSA) is 98.0 Å². The summed E-state index contributed by atoms with van der Waals surface area (Å²) in [5.41, 5.74) is -1.30. The molecule has 4 N–H and O–H groups in total. The van der Waals surface area contributed by atoms with Gasteiger partial charge in [-0.1, -0.05) is 20.8 Å². The van der Waals surface area contributed by atoms with Gasteiger partial charge in [0.2, 0.25) is 0 Å². The second-order valence-corrected chi connectivity index (χ2v) is 11.5. The van der Waals surface area contributed by atoms with Crippen molar-refractivity contribution in [1.29, 1.82) is 0 Å². The van der Waals surface area contributed by atoms with Crippen LogP contribution in [0.3, 0.4) is 0 Å². The lowest BCUT2D eigenvalue weighted by Crippen LogP contribution is -2.68. The molecule has 0 heterocycles. The summed E-state index contributed by atoms with van der Waals surface area (Å²) in [7, 11) is 0. The zero-order valence-corrected chi connectivity index (χ0v) is 18.3. The van der Waals surface area contributed by atoms with Crippen molar-refractivity contribution in [3.8, 4) is 0 Å². The predicted molar refractivity (Wildman–Crippen MR) is 110 cm³/mol. The predicted octanol–water partition coefficient (Wildman–Crippen LogP) is 3.59. The van der Waals surface area contributed by atoms with Crippen LogP contribution in [0.1, 0.15) is 85.0 Å². The number of fused-ring (bicyclic) bond motifs is 5. The first-order valence-electron chi connectivity index (χ1n) is 11.8. The largest absolute Gasteiger partial charge is 0.481 e. The number of aliphatic carboxylic acids is 1. The fourth-order valence-electron chi connectivity index (χ4n) is 8.79. The lowest BCUT2D eigenvalue weighted by atomic mass is 9.42. The summed E-state index contributed by atoms with van der Waals surface area (Å²) in [5.74, 6) is 1.61. The lowest BCUT2D eigenvalue weighted by Gasteiger charge is -2.65. The van der Waals surface area contributed by atoms with Gasteiger partial charge in [0, 0.05) is 18.3 Å². The van der Waals surface area contributed by atoms with Gasteiger partial charge in [-0.05, 0) is 86.4 Å². The molecule has 29 heavy (non-hydrogen) atoms. The summed E-state index contributed by atoms with van der Waals surface area (Å²) in [6.07, 6.45) is 6.65. The SMILES string of the molecule is C[C@H](CCC(=O)O)[C@H]1CC[C@H]2[C@@H]3C[C@@H](O)[C@@]4(O)C[C@@H](O)CC[C@]4(C)[C@H]3CC[C@]12C. The number of aliphatic hydroxyl groups is 3. The monoisotopic (exact) mass is 408 g/mol. The molecule has 5 nitrogen and oxygen atoms in total. The van der Waals surface area contributed by atoms with E-state index < -0.39 is 23.8 Å².